The second kappa shape index (κ2) is 4.77. The Labute approximate surface area is 87.5 Å². The third-order valence-corrected chi connectivity index (χ3v) is 1.93. The highest BCUT2D eigenvalue weighted by atomic mass is 19.1. The summed E-state index contributed by atoms with van der Waals surface area (Å²) in [5.41, 5.74) is 0.482. The Kier molecular flexibility index (Phi) is 3.66. The van der Waals surface area contributed by atoms with Crippen LogP contribution < -0.4 is 4.74 Å². The summed E-state index contributed by atoms with van der Waals surface area (Å²) in [5, 5.41) is 8.52. The number of carboxylic acids is 1. The Morgan fingerprint density at radius 1 is 1.60 bits per heavy atom. The molecule has 4 heteroatoms. The quantitative estimate of drug-likeness (QED) is 0.833. The third-order valence-electron chi connectivity index (χ3n) is 1.93. The lowest BCUT2D eigenvalue weighted by Crippen LogP contribution is -2.16. The summed E-state index contributed by atoms with van der Waals surface area (Å²) < 4.78 is 18.2. The van der Waals surface area contributed by atoms with Crippen molar-refractivity contribution in [1.29, 1.82) is 0 Å². The lowest BCUT2D eigenvalue weighted by molar-refractivity contribution is -0.138. The van der Waals surface area contributed by atoms with E-state index in [1.165, 1.54) is 12.1 Å². The van der Waals surface area contributed by atoms with E-state index in [1.54, 1.807) is 19.9 Å². The number of carbonyl (C=O) groups is 1. The minimum absolute atomic E-state index is 0.0730. The van der Waals surface area contributed by atoms with Crippen molar-refractivity contribution < 1.29 is 19.0 Å². The smallest absolute Gasteiger partial charge is 0.307 e. The maximum Gasteiger partial charge on any atom is 0.307 e. The molecule has 0 fully saturated rings. The van der Waals surface area contributed by atoms with Crippen LogP contribution in [0.4, 0.5) is 4.39 Å². The molecule has 0 aliphatic rings. The SMILES string of the molecule is Cc1cc(O[C@H](C)CC(=O)O)ccc1F. The largest absolute Gasteiger partial charge is 0.490 e. The summed E-state index contributed by atoms with van der Waals surface area (Å²) in [4.78, 5) is 10.4. The summed E-state index contributed by atoms with van der Waals surface area (Å²) in [6.45, 7) is 3.29. The molecule has 15 heavy (non-hydrogen) atoms. The van der Waals surface area contributed by atoms with Crippen LogP contribution in [0.1, 0.15) is 18.9 Å². The van der Waals surface area contributed by atoms with Crippen LogP contribution in [0.5, 0.6) is 5.75 Å². The standard InChI is InChI=1S/C11H13FO3/c1-7-5-9(3-4-10(7)12)15-8(2)6-11(13)14/h3-5,8H,6H2,1-2H3,(H,13,14)/t8-/m1/s1. The minimum atomic E-state index is -0.915. The van der Waals surface area contributed by atoms with E-state index in [0.717, 1.165) is 0 Å². The van der Waals surface area contributed by atoms with Crippen molar-refractivity contribution in [1.82, 2.24) is 0 Å². The number of benzene rings is 1. The molecule has 0 spiro atoms. The summed E-state index contributed by atoms with van der Waals surface area (Å²) in [7, 11) is 0. The topological polar surface area (TPSA) is 46.5 Å². The molecule has 0 heterocycles. The van der Waals surface area contributed by atoms with Crippen molar-refractivity contribution in [2.24, 2.45) is 0 Å². The Morgan fingerprint density at radius 3 is 2.80 bits per heavy atom. The Balaban J connectivity index is 2.64. The summed E-state index contributed by atoms with van der Waals surface area (Å²) >= 11 is 0. The fourth-order valence-corrected chi connectivity index (χ4v) is 1.21. The van der Waals surface area contributed by atoms with E-state index in [4.69, 9.17) is 9.84 Å². The molecule has 1 N–H and O–H groups in total. The van der Waals surface area contributed by atoms with Gasteiger partial charge >= 0.3 is 5.97 Å². The van der Waals surface area contributed by atoms with Gasteiger partial charge in [0, 0.05) is 0 Å². The van der Waals surface area contributed by atoms with Crippen molar-refractivity contribution in [3.05, 3.63) is 29.6 Å². The predicted octanol–water partition coefficient (Wildman–Crippen LogP) is 2.38. The zero-order valence-corrected chi connectivity index (χ0v) is 8.66. The molecule has 0 aromatic heterocycles. The summed E-state index contributed by atoms with van der Waals surface area (Å²) in [6.07, 6.45) is -0.497. The van der Waals surface area contributed by atoms with E-state index in [-0.39, 0.29) is 12.2 Å². The molecule has 0 amide bonds. The van der Waals surface area contributed by atoms with Gasteiger partial charge in [-0.1, -0.05) is 0 Å². The summed E-state index contributed by atoms with van der Waals surface area (Å²) in [5.74, 6) is -0.725. The Morgan fingerprint density at radius 2 is 2.27 bits per heavy atom. The van der Waals surface area contributed by atoms with Gasteiger partial charge in [0.15, 0.2) is 0 Å². The number of halogens is 1. The van der Waals surface area contributed by atoms with Crippen LogP contribution in [-0.2, 0) is 4.79 Å². The van der Waals surface area contributed by atoms with Gasteiger partial charge in [0.05, 0.1) is 6.42 Å². The summed E-state index contributed by atoms with van der Waals surface area (Å²) in [6, 6.07) is 4.34. The molecule has 1 aromatic rings. The molecule has 0 saturated carbocycles. The first kappa shape index (κ1) is 11.5. The molecule has 0 saturated heterocycles. The van der Waals surface area contributed by atoms with E-state index in [2.05, 4.69) is 0 Å². The van der Waals surface area contributed by atoms with Gasteiger partial charge in [0.25, 0.3) is 0 Å². The zero-order valence-electron chi connectivity index (χ0n) is 8.66. The first-order valence-corrected chi connectivity index (χ1v) is 4.63. The lowest BCUT2D eigenvalue weighted by atomic mass is 10.2. The fourth-order valence-electron chi connectivity index (χ4n) is 1.21. The third kappa shape index (κ3) is 3.58. The Bertz CT molecular complexity index is 363. The van der Waals surface area contributed by atoms with Gasteiger partial charge in [-0.3, -0.25) is 4.79 Å². The van der Waals surface area contributed by atoms with Crippen molar-refractivity contribution in [2.75, 3.05) is 0 Å². The van der Waals surface area contributed by atoms with Crippen LogP contribution >= 0.6 is 0 Å². The van der Waals surface area contributed by atoms with Crippen molar-refractivity contribution in [3.63, 3.8) is 0 Å². The Hall–Kier alpha value is -1.58. The molecule has 0 aliphatic carbocycles. The van der Waals surface area contributed by atoms with Gasteiger partial charge < -0.3 is 9.84 Å². The average molecular weight is 212 g/mol. The van der Waals surface area contributed by atoms with Crippen molar-refractivity contribution >= 4 is 5.97 Å². The molecule has 0 aliphatic heterocycles. The molecular formula is C11H13FO3. The van der Waals surface area contributed by atoms with Gasteiger partial charge in [0.1, 0.15) is 17.7 Å². The molecule has 0 radical (unpaired) electrons. The molecule has 82 valence electrons. The van der Waals surface area contributed by atoms with Gasteiger partial charge in [-0.25, -0.2) is 4.39 Å². The van der Waals surface area contributed by atoms with E-state index < -0.39 is 12.1 Å². The molecule has 0 unspecified atom stereocenters. The zero-order chi connectivity index (χ0) is 11.4. The van der Waals surface area contributed by atoms with E-state index in [1.807, 2.05) is 0 Å². The monoisotopic (exact) mass is 212 g/mol. The number of rotatable bonds is 4. The molecule has 1 atom stereocenters. The number of ether oxygens (including phenoxy) is 1. The van der Waals surface area contributed by atoms with Crippen molar-refractivity contribution in [2.45, 2.75) is 26.4 Å². The van der Waals surface area contributed by atoms with Crippen molar-refractivity contribution in [3.8, 4) is 5.75 Å². The van der Waals surface area contributed by atoms with Gasteiger partial charge in [-0.15, -0.1) is 0 Å². The molecule has 1 aromatic carbocycles. The molecule has 0 bridgehead atoms. The average Bonchev–Trinajstić information content (AvgIpc) is 2.10. The molecule has 1 rings (SSSR count). The maximum absolute atomic E-state index is 12.9. The number of carboxylic acid groups (broad SMARTS) is 1. The van der Waals surface area contributed by atoms with Crippen LogP contribution in [0.2, 0.25) is 0 Å². The highest BCUT2D eigenvalue weighted by Crippen LogP contribution is 2.17. The predicted molar refractivity (Wildman–Crippen MR) is 53.5 cm³/mol. The van der Waals surface area contributed by atoms with Gasteiger partial charge in [0.2, 0.25) is 0 Å². The highest BCUT2D eigenvalue weighted by Gasteiger charge is 2.09. The second-order valence-corrected chi connectivity index (χ2v) is 3.44. The van der Waals surface area contributed by atoms with E-state index >= 15 is 0 Å². The minimum Gasteiger partial charge on any atom is -0.490 e. The van der Waals surface area contributed by atoms with E-state index in [0.29, 0.717) is 11.3 Å². The maximum atomic E-state index is 12.9. The second-order valence-electron chi connectivity index (χ2n) is 3.44. The normalized spacial score (nSPS) is 12.2. The van der Waals surface area contributed by atoms with Crippen LogP contribution in [0, 0.1) is 12.7 Å². The molecule has 3 nitrogen and oxygen atoms in total. The first-order chi connectivity index (χ1) is 6.99. The van der Waals surface area contributed by atoms with Crippen LogP contribution in [0.25, 0.3) is 0 Å². The number of aliphatic carboxylic acids is 1. The number of aryl methyl sites for hydroxylation is 1. The van der Waals surface area contributed by atoms with Crippen LogP contribution in [0.15, 0.2) is 18.2 Å². The number of hydrogen-bond acceptors (Lipinski definition) is 2. The highest BCUT2D eigenvalue weighted by molar-refractivity contribution is 5.67. The number of hydrogen-bond donors (Lipinski definition) is 1. The molecular weight excluding hydrogens is 199 g/mol. The van der Waals surface area contributed by atoms with Gasteiger partial charge in [-0.05, 0) is 37.6 Å². The fraction of sp³-hybridized carbons (Fsp3) is 0.364. The van der Waals surface area contributed by atoms with Crippen LogP contribution in [-0.4, -0.2) is 17.2 Å². The van der Waals surface area contributed by atoms with Crippen LogP contribution in [0.3, 0.4) is 0 Å². The lowest BCUT2D eigenvalue weighted by Gasteiger charge is -2.12. The van der Waals surface area contributed by atoms with Gasteiger partial charge in [-0.2, -0.15) is 0 Å². The first-order valence-electron chi connectivity index (χ1n) is 4.63. The van der Waals surface area contributed by atoms with E-state index in [9.17, 15) is 9.18 Å².